The Hall–Kier alpha value is -2.78. The fourth-order valence-electron chi connectivity index (χ4n) is 3.57. The first-order chi connectivity index (χ1) is 16.6. The van der Waals surface area contributed by atoms with E-state index in [1.807, 2.05) is 37.4 Å². The van der Waals surface area contributed by atoms with E-state index in [2.05, 4.69) is 0 Å². The van der Waals surface area contributed by atoms with E-state index in [0.717, 1.165) is 9.44 Å². The smallest absolute Gasteiger partial charge is 0.271 e. The molecule has 1 aliphatic rings. The molecule has 0 spiro atoms. The molecule has 2 aromatic rings. The van der Waals surface area contributed by atoms with E-state index in [1.54, 1.807) is 6.08 Å². The van der Waals surface area contributed by atoms with Crippen molar-refractivity contribution in [1.29, 1.82) is 5.26 Å². The first kappa shape index (κ1) is 26.8. The highest BCUT2D eigenvalue weighted by atomic mass is 32.2. The molecule has 3 rings (SSSR count). The van der Waals surface area contributed by atoms with Crippen LogP contribution in [0, 0.1) is 18.3 Å². The molecule has 1 fully saturated rings. The summed E-state index contributed by atoms with van der Waals surface area (Å²) >= 11 is 8.01. The molecule has 0 atom stereocenters. The number of aromatic hydroxyl groups is 1. The van der Waals surface area contributed by atoms with Crippen molar-refractivity contribution in [2.24, 2.45) is 0 Å². The number of carbonyl (C=O) groups excluding carboxylic acids is 2. The first-order valence-corrected chi connectivity index (χ1v) is 13.1. The molecule has 0 aromatic carbocycles. The number of hydrogen-bond donors (Lipinski definition) is 1. The number of ether oxygens (including phenoxy) is 1. The third-order valence-electron chi connectivity index (χ3n) is 5.31. The van der Waals surface area contributed by atoms with Crippen molar-refractivity contribution in [3.05, 3.63) is 54.3 Å². The van der Waals surface area contributed by atoms with Crippen LogP contribution in [0.1, 0.15) is 53.1 Å². The number of thiophene rings is 1. The summed E-state index contributed by atoms with van der Waals surface area (Å²) in [5, 5.41) is 22.2. The monoisotopic (exact) mass is 531 g/mol. The third kappa shape index (κ3) is 6.08. The predicted molar refractivity (Wildman–Crippen MR) is 141 cm³/mol. The van der Waals surface area contributed by atoms with Gasteiger partial charge >= 0.3 is 0 Å². The summed E-state index contributed by atoms with van der Waals surface area (Å²) in [6.45, 7) is 5.70. The minimum atomic E-state index is -0.653. The van der Waals surface area contributed by atoms with Crippen LogP contribution < -0.4 is 5.56 Å². The Labute approximate surface area is 216 Å². The molecule has 0 saturated carbocycles. The number of hydrogen-bond acceptors (Lipinski definition) is 9. The maximum absolute atomic E-state index is 13.1. The maximum atomic E-state index is 13.1. The van der Waals surface area contributed by atoms with Gasteiger partial charge in [0.1, 0.15) is 16.0 Å². The Morgan fingerprint density at radius 3 is 2.71 bits per heavy atom. The van der Waals surface area contributed by atoms with Crippen molar-refractivity contribution in [3.63, 3.8) is 0 Å². The lowest BCUT2D eigenvalue weighted by atomic mass is 9.99. The van der Waals surface area contributed by atoms with Crippen LogP contribution in [-0.2, 0) is 16.1 Å². The van der Waals surface area contributed by atoms with E-state index in [-0.39, 0.29) is 48.2 Å². The summed E-state index contributed by atoms with van der Waals surface area (Å²) in [5.74, 6) is -1.25. The number of pyridine rings is 1. The van der Waals surface area contributed by atoms with Crippen LogP contribution in [0.2, 0.25) is 0 Å². The van der Waals surface area contributed by atoms with E-state index < -0.39 is 17.2 Å². The van der Waals surface area contributed by atoms with Gasteiger partial charge in [0.2, 0.25) is 5.88 Å². The molecule has 184 valence electrons. The maximum Gasteiger partial charge on any atom is 0.271 e. The van der Waals surface area contributed by atoms with Gasteiger partial charge in [0.25, 0.3) is 11.5 Å². The molecule has 8 nitrogen and oxygen atoms in total. The molecule has 1 N–H and O–H groups in total. The number of thiocarbonyl (C=S) groups is 1. The number of carbonyl (C=O) groups is 2. The zero-order chi connectivity index (χ0) is 25.7. The molecule has 0 bridgehead atoms. The third-order valence-corrected chi connectivity index (χ3v) is 7.51. The number of nitrogens with zero attached hydrogens (tertiary/aromatic N) is 3. The fourth-order valence-corrected chi connectivity index (χ4v) is 5.60. The number of rotatable bonds is 10. The van der Waals surface area contributed by atoms with Crippen LogP contribution in [0.3, 0.4) is 0 Å². The van der Waals surface area contributed by atoms with Gasteiger partial charge in [-0.1, -0.05) is 30.0 Å². The standard InChI is InChI=1S/C24H25N3O5S3/c1-14(2)32-10-5-8-26-21(29)17(13-25)15(3)20(23(26)31)18(28)7-9-27-22(30)19(35-24(27)33)12-16-6-4-11-34-16/h4,6,11-12,14,31H,5,7-10H2,1-3H3/b19-12-. The van der Waals surface area contributed by atoms with Crippen LogP contribution >= 0.6 is 35.3 Å². The average Bonchev–Trinajstić information content (AvgIpc) is 3.40. The van der Waals surface area contributed by atoms with Crippen molar-refractivity contribution in [3.8, 4) is 11.9 Å². The van der Waals surface area contributed by atoms with Crippen molar-refractivity contribution >= 4 is 57.4 Å². The zero-order valence-corrected chi connectivity index (χ0v) is 22.0. The van der Waals surface area contributed by atoms with Gasteiger partial charge in [-0.25, -0.2) is 0 Å². The van der Waals surface area contributed by atoms with Crippen LogP contribution in [0.4, 0.5) is 0 Å². The Morgan fingerprint density at radius 1 is 1.34 bits per heavy atom. The van der Waals surface area contributed by atoms with E-state index in [9.17, 15) is 24.8 Å². The number of Topliss-reactive ketones (excluding diaryl/α,β-unsaturated/α-hetero) is 1. The summed E-state index contributed by atoms with van der Waals surface area (Å²) in [6, 6.07) is 5.63. The van der Waals surface area contributed by atoms with Crippen LogP contribution in [0.25, 0.3) is 6.08 Å². The van der Waals surface area contributed by atoms with E-state index in [4.69, 9.17) is 17.0 Å². The normalized spacial score (nSPS) is 14.8. The summed E-state index contributed by atoms with van der Waals surface area (Å²) in [4.78, 5) is 41.4. The highest BCUT2D eigenvalue weighted by molar-refractivity contribution is 8.26. The lowest BCUT2D eigenvalue weighted by Gasteiger charge is -2.17. The molecular formula is C24H25N3O5S3. The second-order valence-corrected chi connectivity index (χ2v) is 10.7. The Bertz CT molecular complexity index is 1270. The molecule has 3 heterocycles. The van der Waals surface area contributed by atoms with Crippen molar-refractivity contribution < 1.29 is 19.4 Å². The summed E-state index contributed by atoms with van der Waals surface area (Å²) in [7, 11) is 0. The molecule has 1 saturated heterocycles. The Morgan fingerprint density at radius 2 is 2.09 bits per heavy atom. The SMILES string of the molecule is Cc1c(C(=O)CCN2C(=O)/C(=C/c3cccs3)SC2=S)c(O)n(CCCOC(C)C)c(=O)c1C#N. The molecule has 1 aliphatic heterocycles. The minimum absolute atomic E-state index is 0.0170. The second-order valence-electron chi connectivity index (χ2n) is 8.06. The molecule has 1 amide bonds. The minimum Gasteiger partial charge on any atom is -0.494 e. The molecule has 35 heavy (non-hydrogen) atoms. The Balaban J connectivity index is 1.79. The lowest BCUT2D eigenvalue weighted by Crippen LogP contribution is -2.31. The molecule has 0 radical (unpaired) electrons. The first-order valence-electron chi connectivity index (χ1n) is 11.0. The topological polar surface area (TPSA) is 113 Å². The van der Waals surface area contributed by atoms with Gasteiger partial charge in [-0.05, 0) is 50.3 Å². The highest BCUT2D eigenvalue weighted by Crippen LogP contribution is 2.33. The van der Waals surface area contributed by atoms with Gasteiger partial charge in [-0.2, -0.15) is 5.26 Å². The van der Waals surface area contributed by atoms with Gasteiger partial charge < -0.3 is 9.84 Å². The highest BCUT2D eigenvalue weighted by Gasteiger charge is 2.33. The van der Waals surface area contributed by atoms with E-state index in [1.165, 1.54) is 34.9 Å². The lowest BCUT2D eigenvalue weighted by molar-refractivity contribution is -0.122. The number of aromatic nitrogens is 1. The van der Waals surface area contributed by atoms with Crippen molar-refractivity contribution in [2.75, 3.05) is 13.2 Å². The quantitative estimate of drug-likeness (QED) is 0.211. The number of thioether (sulfide) groups is 1. The fraction of sp³-hybridized carbons (Fsp3) is 0.375. The van der Waals surface area contributed by atoms with Crippen molar-refractivity contribution in [1.82, 2.24) is 9.47 Å². The van der Waals surface area contributed by atoms with Gasteiger partial charge in [0, 0.05) is 31.0 Å². The van der Waals surface area contributed by atoms with Crippen LogP contribution in [0.5, 0.6) is 5.88 Å². The summed E-state index contributed by atoms with van der Waals surface area (Å²) < 4.78 is 6.85. The van der Waals surface area contributed by atoms with E-state index in [0.29, 0.717) is 22.3 Å². The predicted octanol–water partition coefficient (Wildman–Crippen LogP) is 4.08. The van der Waals surface area contributed by atoms with Gasteiger partial charge in [0.15, 0.2) is 5.78 Å². The summed E-state index contributed by atoms with van der Waals surface area (Å²) in [6.07, 6.45) is 2.07. The number of amides is 1. The molecule has 0 aliphatic carbocycles. The van der Waals surface area contributed by atoms with E-state index >= 15 is 0 Å². The van der Waals surface area contributed by atoms with Crippen LogP contribution in [-0.4, -0.2) is 49.8 Å². The zero-order valence-electron chi connectivity index (χ0n) is 19.6. The second kappa shape index (κ2) is 11.8. The average molecular weight is 532 g/mol. The van der Waals surface area contributed by atoms with Gasteiger partial charge in [-0.15, -0.1) is 11.3 Å². The molecule has 0 unspecified atom stereocenters. The molecule has 11 heteroatoms. The van der Waals surface area contributed by atoms with Crippen LogP contribution in [0.15, 0.2) is 27.2 Å². The number of nitriles is 1. The summed E-state index contributed by atoms with van der Waals surface area (Å²) in [5.41, 5.74) is -0.817. The largest absolute Gasteiger partial charge is 0.494 e. The molecule has 2 aromatic heterocycles. The Kier molecular flexibility index (Phi) is 9.02. The molecular weight excluding hydrogens is 506 g/mol. The van der Waals surface area contributed by atoms with Crippen molar-refractivity contribution in [2.45, 2.75) is 46.3 Å². The number of ketones is 1. The van der Waals surface area contributed by atoms with Gasteiger partial charge in [-0.3, -0.25) is 23.9 Å². The van der Waals surface area contributed by atoms with Gasteiger partial charge in [0.05, 0.1) is 16.6 Å².